The monoisotopic (exact) mass is 355 g/mol. The lowest BCUT2D eigenvalue weighted by molar-refractivity contribution is -0.0790. The van der Waals surface area contributed by atoms with E-state index < -0.39 is 6.18 Å². The number of amides is 1. The molecular weight excluding hydrogens is 339 g/mol. The van der Waals surface area contributed by atoms with E-state index in [2.05, 4.69) is 5.32 Å². The maximum atomic E-state index is 12.6. The van der Waals surface area contributed by atoms with Crippen molar-refractivity contribution in [1.82, 2.24) is 0 Å². The summed E-state index contributed by atoms with van der Waals surface area (Å²) in [7, 11) is 0. The van der Waals surface area contributed by atoms with Crippen molar-refractivity contribution >= 4 is 28.4 Å². The second kappa shape index (κ2) is 7.04. The summed E-state index contributed by atoms with van der Waals surface area (Å²) >= 11 is 0. The molecule has 0 saturated heterocycles. The number of allylic oxidation sites excluding steroid dienone is 1. The number of nitrogens with one attached hydrogen (secondary N) is 1. The van der Waals surface area contributed by atoms with E-state index in [1.54, 1.807) is 13.0 Å². The molecule has 0 aromatic heterocycles. The van der Waals surface area contributed by atoms with Crippen LogP contribution in [0.25, 0.3) is 16.8 Å². The van der Waals surface area contributed by atoms with Crippen molar-refractivity contribution in [2.24, 2.45) is 0 Å². The first-order valence-electron chi connectivity index (χ1n) is 7.99. The van der Waals surface area contributed by atoms with Gasteiger partial charge < -0.3 is 5.32 Å². The van der Waals surface area contributed by atoms with Gasteiger partial charge in [-0.05, 0) is 35.6 Å². The molecular formula is C21H16F3NO. The first-order chi connectivity index (χ1) is 12.3. The van der Waals surface area contributed by atoms with Crippen LogP contribution in [0, 0.1) is 6.92 Å². The molecule has 0 fully saturated rings. The number of aryl methyl sites for hydroxylation is 1. The Hall–Kier alpha value is -3.08. The highest BCUT2D eigenvalue weighted by Crippen LogP contribution is 2.24. The summed E-state index contributed by atoms with van der Waals surface area (Å²) in [4.78, 5) is 12.6. The van der Waals surface area contributed by atoms with E-state index in [-0.39, 0.29) is 12.0 Å². The van der Waals surface area contributed by atoms with E-state index >= 15 is 0 Å². The third-order valence-electron chi connectivity index (χ3n) is 4.00. The number of hydrogen-bond donors (Lipinski definition) is 1. The normalized spacial score (nSPS) is 11.8. The van der Waals surface area contributed by atoms with Crippen LogP contribution in [-0.4, -0.2) is 12.1 Å². The van der Waals surface area contributed by atoms with E-state index in [9.17, 15) is 18.0 Å². The summed E-state index contributed by atoms with van der Waals surface area (Å²) in [6, 6.07) is 17.9. The molecule has 1 N–H and O–H groups in total. The summed E-state index contributed by atoms with van der Waals surface area (Å²) in [6.07, 6.45) is -3.20. The minimum Gasteiger partial charge on any atom is -0.321 e. The first kappa shape index (κ1) is 17.7. The molecule has 0 radical (unpaired) electrons. The third-order valence-corrected chi connectivity index (χ3v) is 4.00. The van der Waals surface area contributed by atoms with Gasteiger partial charge in [-0.1, -0.05) is 54.6 Å². The molecule has 0 spiro atoms. The average molecular weight is 355 g/mol. The minimum absolute atomic E-state index is 0.178. The van der Waals surface area contributed by atoms with Crippen LogP contribution in [0.2, 0.25) is 0 Å². The van der Waals surface area contributed by atoms with Gasteiger partial charge in [0.1, 0.15) is 0 Å². The molecule has 0 aliphatic rings. The molecule has 3 aromatic rings. The quantitative estimate of drug-likeness (QED) is 0.615. The second-order valence-electron chi connectivity index (χ2n) is 5.93. The molecule has 3 rings (SSSR count). The number of rotatable bonds is 3. The standard InChI is InChI=1S/C21H16F3NO/c1-14-13-15(11-12-21(22,23)24)9-10-17(14)20(26)25-19-8-4-6-16-5-2-3-7-18(16)19/h2-13H,1H3,(H,25,26)/b12-11+. The number of fused-ring (bicyclic) bond motifs is 1. The van der Waals surface area contributed by atoms with Gasteiger partial charge in [0.15, 0.2) is 0 Å². The maximum Gasteiger partial charge on any atom is 0.409 e. The van der Waals surface area contributed by atoms with Gasteiger partial charge in [-0.2, -0.15) is 13.2 Å². The fourth-order valence-corrected chi connectivity index (χ4v) is 2.76. The van der Waals surface area contributed by atoms with Gasteiger partial charge in [-0.15, -0.1) is 0 Å². The summed E-state index contributed by atoms with van der Waals surface area (Å²) in [5.74, 6) is -0.301. The molecule has 26 heavy (non-hydrogen) atoms. The smallest absolute Gasteiger partial charge is 0.321 e. The van der Waals surface area contributed by atoms with Gasteiger partial charge in [-0.25, -0.2) is 0 Å². The summed E-state index contributed by atoms with van der Waals surface area (Å²) in [5.41, 5.74) is 2.10. The lowest BCUT2D eigenvalue weighted by Gasteiger charge is -2.11. The zero-order valence-corrected chi connectivity index (χ0v) is 14.0. The average Bonchev–Trinajstić information content (AvgIpc) is 2.59. The van der Waals surface area contributed by atoms with E-state index in [0.29, 0.717) is 22.4 Å². The van der Waals surface area contributed by atoms with Gasteiger partial charge >= 0.3 is 6.18 Å². The molecule has 1 amide bonds. The lowest BCUT2D eigenvalue weighted by Crippen LogP contribution is -2.13. The van der Waals surface area contributed by atoms with Crippen molar-refractivity contribution < 1.29 is 18.0 Å². The maximum absolute atomic E-state index is 12.6. The largest absolute Gasteiger partial charge is 0.409 e. The number of halogens is 3. The molecule has 132 valence electrons. The van der Waals surface area contributed by atoms with Crippen molar-refractivity contribution in [3.8, 4) is 0 Å². The van der Waals surface area contributed by atoms with Crippen LogP contribution < -0.4 is 5.32 Å². The minimum atomic E-state index is -4.36. The van der Waals surface area contributed by atoms with Crippen LogP contribution in [0.15, 0.2) is 66.7 Å². The van der Waals surface area contributed by atoms with Crippen LogP contribution >= 0.6 is 0 Å². The van der Waals surface area contributed by atoms with Crippen LogP contribution in [0.5, 0.6) is 0 Å². The molecule has 0 aliphatic heterocycles. The molecule has 5 heteroatoms. The van der Waals surface area contributed by atoms with E-state index in [1.807, 2.05) is 42.5 Å². The highest BCUT2D eigenvalue weighted by Gasteiger charge is 2.21. The van der Waals surface area contributed by atoms with Crippen LogP contribution in [0.4, 0.5) is 18.9 Å². The number of benzene rings is 3. The Balaban J connectivity index is 1.85. The third kappa shape index (κ3) is 4.11. The number of anilines is 1. The highest BCUT2D eigenvalue weighted by atomic mass is 19.4. The molecule has 0 bridgehead atoms. The molecule has 3 aromatic carbocycles. The molecule has 0 unspecified atom stereocenters. The Labute approximate surface area is 149 Å². The highest BCUT2D eigenvalue weighted by molar-refractivity contribution is 6.09. The number of carbonyl (C=O) groups excluding carboxylic acids is 1. The Morgan fingerprint density at radius 1 is 1.00 bits per heavy atom. The second-order valence-corrected chi connectivity index (χ2v) is 5.93. The number of carbonyl (C=O) groups is 1. The topological polar surface area (TPSA) is 29.1 Å². The number of hydrogen-bond acceptors (Lipinski definition) is 1. The zero-order chi connectivity index (χ0) is 18.7. The van der Waals surface area contributed by atoms with Gasteiger partial charge in [0.25, 0.3) is 5.91 Å². The molecule has 2 nitrogen and oxygen atoms in total. The molecule has 0 heterocycles. The fourth-order valence-electron chi connectivity index (χ4n) is 2.76. The van der Waals surface area contributed by atoms with Crippen molar-refractivity contribution in [2.45, 2.75) is 13.1 Å². The van der Waals surface area contributed by atoms with E-state index in [1.165, 1.54) is 12.1 Å². The molecule has 0 atom stereocenters. The Kier molecular flexibility index (Phi) is 4.80. The Bertz CT molecular complexity index is 985. The van der Waals surface area contributed by atoms with Gasteiger partial charge in [0.2, 0.25) is 0 Å². The lowest BCUT2D eigenvalue weighted by atomic mass is 10.0. The predicted octanol–water partition coefficient (Wildman–Crippen LogP) is 5.98. The summed E-state index contributed by atoms with van der Waals surface area (Å²) in [5, 5.41) is 4.81. The van der Waals surface area contributed by atoms with Crippen LogP contribution in [-0.2, 0) is 0 Å². The fraction of sp³-hybridized carbons (Fsp3) is 0.0952. The van der Waals surface area contributed by atoms with Gasteiger partial charge in [0.05, 0.1) is 0 Å². The Morgan fingerprint density at radius 2 is 1.73 bits per heavy atom. The Morgan fingerprint density at radius 3 is 2.46 bits per heavy atom. The first-order valence-corrected chi connectivity index (χ1v) is 7.99. The predicted molar refractivity (Wildman–Crippen MR) is 98.2 cm³/mol. The zero-order valence-electron chi connectivity index (χ0n) is 14.0. The van der Waals surface area contributed by atoms with Crippen LogP contribution in [0.1, 0.15) is 21.5 Å². The van der Waals surface area contributed by atoms with Crippen molar-refractivity contribution in [1.29, 1.82) is 0 Å². The summed E-state index contributed by atoms with van der Waals surface area (Å²) < 4.78 is 36.8. The van der Waals surface area contributed by atoms with E-state index in [0.717, 1.165) is 16.8 Å². The molecule has 0 saturated carbocycles. The van der Waals surface area contributed by atoms with Gasteiger partial charge in [-0.3, -0.25) is 4.79 Å². The number of alkyl halides is 3. The van der Waals surface area contributed by atoms with Gasteiger partial charge in [0, 0.05) is 22.7 Å². The van der Waals surface area contributed by atoms with E-state index in [4.69, 9.17) is 0 Å². The molecule has 0 aliphatic carbocycles. The van der Waals surface area contributed by atoms with Crippen LogP contribution in [0.3, 0.4) is 0 Å². The SMILES string of the molecule is Cc1cc(/C=C/C(F)(F)F)ccc1C(=O)Nc1cccc2ccccc12. The van der Waals surface area contributed by atoms with Crippen molar-refractivity contribution in [2.75, 3.05) is 5.32 Å². The van der Waals surface area contributed by atoms with Crippen molar-refractivity contribution in [3.63, 3.8) is 0 Å². The van der Waals surface area contributed by atoms with Crippen molar-refractivity contribution in [3.05, 3.63) is 83.4 Å². The summed E-state index contributed by atoms with van der Waals surface area (Å²) in [6.45, 7) is 1.70.